The summed E-state index contributed by atoms with van der Waals surface area (Å²) in [5.74, 6) is 0.0803. The van der Waals surface area contributed by atoms with Gasteiger partial charge in [-0.3, -0.25) is 4.79 Å². The number of carbonyl (C=O) groups is 1. The van der Waals surface area contributed by atoms with Crippen molar-refractivity contribution >= 4 is 5.91 Å². The molecule has 0 aliphatic carbocycles. The van der Waals surface area contributed by atoms with Gasteiger partial charge in [0, 0.05) is 37.1 Å². The molecule has 1 atom stereocenters. The number of nitrogens with zero attached hydrogens (tertiary/aromatic N) is 4. The van der Waals surface area contributed by atoms with Crippen molar-refractivity contribution in [2.45, 2.75) is 25.5 Å². The predicted molar refractivity (Wildman–Crippen MR) is 99.8 cm³/mol. The average Bonchev–Trinajstić information content (AvgIpc) is 2.67. The molecule has 6 nitrogen and oxygen atoms in total. The first kappa shape index (κ1) is 18.5. The Kier molecular flexibility index (Phi) is 6.30. The molecule has 1 amide bonds. The van der Waals surface area contributed by atoms with Gasteiger partial charge in [0.2, 0.25) is 0 Å². The van der Waals surface area contributed by atoms with Crippen LogP contribution in [0.25, 0.3) is 0 Å². The van der Waals surface area contributed by atoms with E-state index in [1.54, 1.807) is 12.5 Å². The van der Waals surface area contributed by atoms with Crippen LogP contribution in [0.5, 0.6) is 0 Å². The Balaban J connectivity index is 1.55. The lowest BCUT2D eigenvalue weighted by atomic mass is 10.1. The van der Waals surface area contributed by atoms with E-state index in [0.29, 0.717) is 19.7 Å². The molecule has 138 valence electrons. The first-order valence-corrected chi connectivity index (χ1v) is 9.01. The maximum Gasteiger partial charge on any atom is 0.254 e. The van der Waals surface area contributed by atoms with Crippen LogP contribution in [-0.4, -0.2) is 65.6 Å². The highest BCUT2D eigenvalue weighted by Gasteiger charge is 2.25. The molecule has 1 aliphatic heterocycles. The molecule has 2 heterocycles. The normalized spacial score (nSPS) is 17.5. The Morgan fingerprint density at radius 1 is 1.27 bits per heavy atom. The Labute approximate surface area is 154 Å². The summed E-state index contributed by atoms with van der Waals surface area (Å²) in [5.41, 5.74) is 2.95. The van der Waals surface area contributed by atoms with Crippen molar-refractivity contribution in [1.29, 1.82) is 0 Å². The van der Waals surface area contributed by atoms with Crippen LogP contribution in [0.15, 0.2) is 42.9 Å². The fraction of sp³-hybridized carbons (Fsp3) is 0.450. The van der Waals surface area contributed by atoms with Crippen molar-refractivity contribution in [3.8, 4) is 0 Å². The topological polar surface area (TPSA) is 58.6 Å². The number of hydrogen-bond acceptors (Lipinski definition) is 5. The Bertz CT molecular complexity index is 704. The molecule has 1 saturated heterocycles. The summed E-state index contributed by atoms with van der Waals surface area (Å²) in [6.07, 6.45) is 5.04. The molecule has 6 heteroatoms. The third-order valence-corrected chi connectivity index (χ3v) is 4.49. The quantitative estimate of drug-likeness (QED) is 0.794. The predicted octanol–water partition coefficient (Wildman–Crippen LogP) is 2.01. The minimum atomic E-state index is 0.0516. The zero-order valence-corrected chi connectivity index (χ0v) is 15.5. The van der Waals surface area contributed by atoms with Gasteiger partial charge in [0.25, 0.3) is 5.91 Å². The summed E-state index contributed by atoms with van der Waals surface area (Å²) in [6.45, 7) is 2.72. The molecule has 1 aromatic carbocycles. The van der Waals surface area contributed by atoms with E-state index in [1.165, 1.54) is 5.56 Å². The maximum atomic E-state index is 12.8. The zero-order chi connectivity index (χ0) is 18.4. The van der Waals surface area contributed by atoms with E-state index < -0.39 is 0 Å². The highest BCUT2D eigenvalue weighted by atomic mass is 16.5. The molecular formula is C20H26N4O2. The Morgan fingerprint density at radius 3 is 2.77 bits per heavy atom. The first-order chi connectivity index (χ1) is 12.6. The number of rotatable bonds is 6. The van der Waals surface area contributed by atoms with Crippen LogP contribution in [0, 0.1) is 0 Å². The van der Waals surface area contributed by atoms with Crippen molar-refractivity contribution < 1.29 is 9.53 Å². The second-order valence-corrected chi connectivity index (χ2v) is 6.92. The number of aromatic nitrogens is 2. The summed E-state index contributed by atoms with van der Waals surface area (Å²) in [5, 5.41) is 0. The summed E-state index contributed by atoms with van der Waals surface area (Å²) in [6, 6.07) is 9.82. The largest absolute Gasteiger partial charge is 0.375 e. The van der Waals surface area contributed by atoms with Crippen LogP contribution in [-0.2, 0) is 17.7 Å². The van der Waals surface area contributed by atoms with E-state index in [1.807, 2.05) is 49.3 Å². The molecule has 1 aromatic heterocycles. The van der Waals surface area contributed by atoms with Crippen molar-refractivity contribution in [3.63, 3.8) is 0 Å². The standard InChI is InChI=1S/C20H26N4O2/c1-23(2)13-16-3-5-17(6-4-16)20(25)24-11-12-26-19(14-24)8-7-18-9-10-21-15-22-18/h3-6,9-10,15,19H,7-8,11-14H2,1-2H3. The number of ether oxygens (including phenoxy) is 1. The number of carbonyl (C=O) groups excluding carboxylic acids is 1. The van der Waals surface area contributed by atoms with Crippen molar-refractivity contribution in [1.82, 2.24) is 19.8 Å². The number of morpholine rings is 1. The first-order valence-electron chi connectivity index (χ1n) is 9.01. The monoisotopic (exact) mass is 354 g/mol. The molecule has 0 N–H and O–H groups in total. The van der Waals surface area contributed by atoms with E-state index in [-0.39, 0.29) is 12.0 Å². The third-order valence-electron chi connectivity index (χ3n) is 4.49. The van der Waals surface area contributed by atoms with Gasteiger partial charge >= 0.3 is 0 Å². The molecule has 0 radical (unpaired) electrons. The fourth-order valence-corrected chi connectivity index (χ4v) is 3.15. The molecule has 0 spiro atoms. The van der Waals surface area contributed by atoms with Gasteiger partial charge in [-0.15, -0.1) is 0 Å². The third kappa shape index (κ3) is 5.09. The van der Waals surface area contributed by atoms with Crippen LogP contribution in [0.3, 0.4) is 0 Å². The molecular weight excluding hydrogens is 328 g/mol. The molecule has 0 saturated carbocycles. The average molecular weight is 354 g/mol. The van der Waals surface area contributed by atoms with Crippen molar-refractivity contribution in [2.24, 2.45) is 0 Å². The van der Waals surface area contributed by atoms with Crippen LogP contribution in [0.2, 0.25) is 0 Å². The Morgan fingerprint density at radius 2 is 2.08 bits per heavy atom. The van der Waals surface area contributed by atoms with Gasteiger partial charge in [0.15, 0.2) is 0 Å². The number of benzene rings is 1. The van der Waals surface area contributed by atoms with Crippen LogP contribution in [0.1, 0.15) is 28.0 Å². The van der Waals surface area contributed by atoms with Gasteiger partial charge in [-0.2, -0.15) is 0 Å². The lowest BCUT2D eigenvalue weighted by molar-refractivity contribution is -0.0246. The maximum absolute atomic E-state index is 12.8. The zero-order valence-electron chi connectivity index (χ0n) is 15.5. The summed E-state index contributed by atoms with van der Waals surface area (Å²) < 4.78 is 5.84. The van der Waals surface area contributed by atoms with Crippen molar-refractivity contribution in [2.75, 3.05) is 33.8 Å². The molecule has 1 fully saturated rings. The number of hydrogen-bond donors (Lipinski definition) is 0. The highest BCUT2D eigenvalue weighted by molar-refractivity contribution is 5.94. The van der Waals surface area contributed by atoms with Gasteiger partial charge in [-0.1, -0.05) is 12.1 Å². The molecule has 2 aromatic rings. The van der Waals surface area contributed by atoms with Gasteiger partial charge in [-0.05, 0) is 50.7 Å². The van der Waals surface area contributed by atoms with Crippen LogP contribution >= 0.6 is 0 Å². The highest BCUT2D eigenvalue weighted by Crippen LogP contribution is 2.15. The van der Waals surface area contributed by atoms with Gasteiger partial charge < -0.3 is 14.5 Å². The summed E-state index contributed by atoms with van der Waals surface area (Å²) in [4.78, 5) is 25.0. The van der Waals surface area contributed by atoms with E-state index in [0.717, 1.165) is 30.6 Å². The van der Waals surface area contributed by atoms with Gasteiger partial charge in [-0.25, -0.2) is 9.97 Å². The molecule has 1 aliphatic rings. The van der Waals surface area contributed by atoms with E-state index >= 15 is 0 Å². The SMILES string of the molecule is CN(C)Cc1ccc(C(=O)N2CCOC(CCc3ccncn3)C2)cc1. The van der Waals surface area contributed by atoms with Crippen LogP contribution < -0.4 is 0 Å². The van der Waals surface area contributed by atoms with Crippen LogP contribution in [0.4, 0.5) is 0 Å². The van der Waals surface area contributed by atoms with Gasteiger partial charge in [0.05, 0.1) is 12.7 Å². The molecule has 26 heavy (non-hydrogen) atoms. The van der Waals surface area contributed by atoms with E-state index in [9.17, 15) is 4.79 Å². The second-order valence-electron chi connectivity index (χ2n) is 6.92. The molecule has 1 unspecified atom stereocenters. The smallest absolute Gasteiger partial charge is 0.254 e. The second kappa shape index (κ2) is 8.87. The summed E-state index contributed by atoms with van der Waals surface area (Å²) in [7, 11) is 4.07. The number of aryl methyl sites for hydroxylation is 1. The molecule has 3 rings (SSSR count). The lowest BCUT2D eigenvalue weighted by Gasteiger charge is -2.33. The molecule has 0 bridgehead atoms. The van der Waals surface area contributed by atoms with Gasteiger partial charge in [0.1, 0.15) is 6.33 Å². The lowest BCUT2D eigenvalue weighted by Crippen LogP contribution is -2.45. The fourth-order valence-electron chi connectivity index (χ4n) is 3.15. The minimum absolute atomic E-state index is 0.0516. The van der Waals surface area contributed by atoms with E-state index in [4.69, 9.17) is 4.74 Å². The van der Waals surface area contributed by atoms with Crippen molar-refractivity contribution in [3.05, 3.63) is 59.7 Å². The summed E-state index contributed by atoms with van der Waals surface area (Å²) >= 11 is 0. The minimum Gasteiger partial charge on any atom is -0.375 e. The Hall–Kier alpha value is -2.31. The number of amides is 1. The van der Waals surface area contributed by atoms with E-state index in [2.05, 4.69) is 14.9 Å².